The molecule has 1 N–H and O–H groups in total. The van der Waals surface area contributed by atoms with Crippen molar-refractivity contribution in [1.29, 1.82) is 0 Å². The molecule has 2 aromatic carbocycles. The summed E-state index contributed by atoms with van der Waals surface area (Å²) in [5.41, 5.74) is -1.61. The van der Waals surface area contributed by atoms with Crippen molar-refractivity contribution >= 4 is 23.2 Å². The molecule has 0 aliphatic carbocycles. The molecule has 0 spiro atoms. The van der Waals surface area contributed by atoms with E-state index in [2.05, 4.69) is 10.4 Å². The summed E-state index contributed by atoms with van der Waals surface area (Å²) in [6, 6.07) is 8.08. The number of nitrogens with zero attached hydrogens (tertiary/aromatic N) is 4. The minimum atomic E-state index is -1.02. The topological polar surface area (TPSA) is 89.2 Å². The summed E-state index contributed by atoms with van der Waals surface area (Å²) in [6.07, 6.45) is 0. The van der Waals surface area contributed by atoms with Crippen LogP contribution in [0.1, 0.15) is 0 Å². The maximum absolute atomic E-state index is 13.7. The summed E-state index contributed by atoms with van der Waals surface area (Å²) >= 11 is 0. The van der Waals surface area contributed by atoms with Gasteiger partial charge in [0.1, 0.15) is 24.0 Å². The maximum Gasteiger partial charge on any atom is 0.333 e. The standard InChI is InChI=1S/C19H14F3N5O3/c20-11-1-4-13(5-2-11)25-7-8-26-17(29)18(30)27(24-19(25)26)10-16(28)23-15-6-3-12(21)9-14(15)22/h1-6,9H,7-8,10H2,(H,23,28). The van der Waals surface area contributed by atoms with Gasteiger partial charge in [-0.3, -0.25) is 19.0 Å². The number of anilines is 3. The Morgan fingerprint density at radius 1 is 0.967 bits per heavy atom. The first-order valence-electron chi connectivity index (χ1n) is 8.83. The quantitative estimate of drug-likeness (QED) is 0.652. The Morgan fingerprint density at radius 2 is 1.67 bits per heavy atom. The largest absolute Gasteiger partial charge is 0.333 e. The van der Waals surface area contributed by atoms with Gasteiger partial charge in [0.15, 0.2) is 0 Å². The Kier molecular flexibility index (Phi) is 4.86. The number of hydrogen-bond donors (Lipinski definition) is 1. The van der Waals surface area contributed by atoms with E-state index in [9.17, 15) is 27.6 Å². The van der Waals surface area contributed by atoms with Gasteiger partial charge in [-0.2, -0.15) is 0 Å². The number of rotatable bonds is 4. The van der Waals surface area contributed by atoms with Gasteiger partial charge in [-0.15, -0.1) is 5.10 Å². The maximum atomic E-state index is 13.7. The van der Waals surface area contributed by atoms with Crippen molar-refractivity contribution in [2.75, 3.05) is 16.8 Å². The van der Waals surface area contributed by atoms with Crippen LogP contribution in [-0.4, -0.2) is 26.8 Å². The van der Waals surface area contributed by atoms with E-state index in [1.54, 1.807) is 4.90 Å². The average Bonchev–Trinajstić information content (AvgIpc) is 3.12. The molecule has 3 aromatic rings. The van der Waals surface area contributed by atoms with Crippen molar-refractivity contribution in [3.05, 3.63) is 80.6 Å². The van der Waals surface area contributed by atoms with Gasteiger partial charge in [-0.25, -0.2) is 17.9 Å². The zero-order valence-corrected chi connectivity index (χ0v) is 15.3. The third-order valence-electron chi connectivity index (χ3n) is 4.54. The SMILES string of the molecule is O=C(Cn1nc2n(c(=O)c1=O)CCN2c1ccc(F)cc1)Nc1ccc(F)cc1F. The summed E-state index contributed by atoms with van der Waals surface area (Å²) < 4.78 is 41.7. The monoisotopic (exact) mass is 417 g/mol. The van der Waals surface area contributed by atoms with Gasteiger partial charge >= 0.3 is 11.1 Å². The number of halogens is 3. The van der Waals surface area contributed by atoms with Gasteiger partial charge < -0.3 is 10.2 Å². The molecule has 0 radical (unpaired) electrons. The van der Waals surface area contributed by atoms with E-state index in [1.807, 2.05) is 0 Å². The summed E-state index contributed by atoms with van der Waals surface area (Å²) in [7, 11) is 0. The molecule has 0 fully saturated rings. The number of carbonyl (C=O) groups is 1. The molecule has 0 saturated heterocycles. The highest BCUT2D eigenvalue weighted by Gasteiger charge is 2.26. The molecule has 1 amide bonds. The van der Waals surface area contributed by atoms with E-state index in [1.165, 1.54) is 28.8 Å². The lowest BCUT2D eigenvalue weighted by atomic mass is 10.3. The molecule has 30 heavy (non-hydrogen) atoms. The minimum absolute atomic E-state index is 0.118. The summed E-state index contributed by atoms with van der Waals surface area (Å²) in [5.74, 6) is -2.94. The van der Waals surface area contributed by atoms with Gasteiger partial charge in [0, 0.05) is 24.8 Å². The second kappa shape index (κ2) is 7.50. The average molecular weight is 417 g/mol. The van der Waals surface area contributed by atoms with E-state index in [0.717, 1.165) is 12.1 Å². The smallest absolute Gasteiger partial charge is 0.322 e. The number of aromatic nitrogens is 3. The molecular weight excluding hydrogens is 403 g/mol. The molecule has 8 nitrogen and oxygen atoms in total. The molecule has 154 valence electrons. The van der Waals surface area contributed by atoms with Gasteiger partial charge in [-0.1, -0.05) is 0 Å². The Labute approximate surface area is 166 Å². The minimum Gasteiger partial charge on any atom is -0.322 e. The number of fused-ring (bicyclic) bond motifs is 1. The molecule has 0 saturated carbocycles. The molecule has 11 heteroatoms. The van der Waals surface area contributed by atoms with Gasteiger partial charge in [-0.05, 0) is 36.4 Å². The summed E-state index contributed by atoms with van der Waals surface area (Å²) in [6.45, 7) is -0.137. The van der Waals surface area contributed by atoms with Gasteiger partial charge in [0.2, 0.25) is 11.9 Å². The second-order valence-corrected chi connectivity index (χ2v) is 6.52. The molecular formula is C19H14F3N5O3. The van der Waals surface area contributed by atoms with Crippen molar-refractivity contribution in [3.8, 4) is 0 Å². The first-order chi connectivity index (χ1) is 14.3. The van der Waals surface area contributed by atoms with Crippen LogP contribution in [-0.2, 0) is 17.9 Å². The molecule has 1 aliphatic heterocycles. The molecule has 0 bridgehead atoms. The van der Waals surface area contributed by atoms with Gasteiger partial charge in [0.05, 0.1) is 5.69 Å². The molecule has 4 rings (SSSR count). The third kappa shape index (κ3) is 3.56. The lowest BCUT2D eigenvalue weighted by molar-refractivity contribution is -0.117. The normalized spacial score (nSPS) is 12.7. The Bertz CT molecular complexity index is 1250. The fourth-order valence-corrected chi connectivity index (χ4v) is 3.11. The second-order valence-electron chi connectivity index (χ2n) is 6.52. The molecule has 0 atom stereocenters. The number of carbonyl (C=O) groups excluding carboxylic acids is 1. The highest BCUT2D eigenvalue weighted by molar-refractivity contribution is 5.90. The highest BCUT2D eigenvalue weighted by Crippen LogP contribution is 2.26. The van der Waals surface area contributed by atoms with Crippen molar-refractivity contribution in [2.45, 2.75) is 13.1 Å². The fraction of sp³-hybridized carbons (Fsp3) is 0.158. The van der Waals surface area contributed by atoms with Crippen LogP contribution in [0, 0.1) is 17.5 Å². The summed E-state index contributed by atoms with van der Waals surface area (Å²) in [5, 5.41) is 6.30. The van der Waals surface area contributed by atoms with Crippen molar-refractivity contribution in [2.24, 2.45) is 0 Å². The van der Waals surface area contributed by atoms with Crippen LogP contribution >= 0.6 is 0 Å². The molecule has 2 heterocycles. The zero-order valence-electron chi connectivity index (χ0n) is 15.3. The van der Waals surface area contributed by atoms with Crippen LogP contribution in [0.2, 0.25) is 0 Å². The predicted molar refractivity (Wildman–Crippen MR) is 101 cm³/mol. The van der Waals surface area contributed by atoms with Crippen LogP contribution in [0.5, 0.6) is 0 Å². The van der Waals surface area contributed by atoms with Crippen LogP contribution in [0.15, 0.2) is 52.1 Å². The third-order valence-corrected chi connectivity index (χ3v) is 4.54. The van der Waals surface area contributed by atoms with E-state index < -0.39 is 41.0 Å². The zero-order chi connectivity index (χ0) is 21.4. The van der Waals surface area contributed by atoms with Crippen LogP contribution in [0.25, 0.3) is 0 Å². The number of hydrogen-bond acceptors (Lipinski definition) is 5. The van der Waals surface area contributed by atoms with Crippen molar-refractivity contribution < 1.29 is 18.0 Å². The molecule has 1 aliphatic rings. The summed E-state index contributed by atoms with van der Waals surface area (Å²) in [4.78, 5) is 38.6. The first kappa shape index (κ1) is 19.4. The predicted octanol–water partition coefficient (Wildman–Crippen LogP) is 1.61. The number of nitrogens with one attached hydrogen (secondary N) is 1. The van der Waals surface area contributed by atoms with Crippen molar-refractivity contribution in [3.63, 3.8) is 0 Å². The lowest BCUT2D eigenvalue weighted by Crippen LogP contribution is -2.44. The van der Waals surface area contributed by atoms with E-state index in [4.69, 9.17) is 0 Å². The Hall–Kier alpha value is -3.89. The lowest BCUT2D eigenvalue weighted by Gasteiger charge is -2.17. The first-order valence-corrected chi connectivity index (χ1v) is 8.83. The number of benzene rings is 2. The Morgan fingerprint density at radius 3 is 2.37 bits per heavy atom. The van der Waals surface area contributed by atoms with Crippen LogP contribution < -0.4 is 21.3 Å². The fourth-order valence-electron chi connectivity index (χ4n) is 3.11. The van der Waals surface area contributed by atoms with Crippen LogP contribution in [0.3, 0.4) is 0 Å². The highest BCUT2D eigenvalue weighted by atomic mass is 19.1. The van der Waals surface area contributed by atoms with E-state index >= 15 is 0 Å². The van der Waals surface area contributed by atoms with Crippen LogP contribution in [0.4, 0.5) is 30.5 Å². The van der Waals surface area contributed by atoms with Gasteiger partial charge in [0.25, 0.3) is 0 Å². The number of amides is 1. The molecule has 0 unspecified atom stereocenters. The van der Waals surface area contributed by atoms with Crippen molar-refractivity contribution in [1.82, 2.24) is 14.3 Å². The van der Waals surface area contributed by atoms with E-state index in [-0.39, 0.29) is 18.2 Å². The molecule has 1 aromatic heterocycles. The Balaban J connectivity index is 1.63. The van der Waals surface area contributed by atoms with E-state index in [0.29, 0.717) is 23.0 Å².